The minimum Gasteiger partial charge on any atom is -0.357 e. The molecule has 0 aromatic carbocycles. The third-order valence-corrected chi connectivity index (χ3v) is 7.63. The summed E-state index contributed by atoms with van der Waals surface area (Å²) in [4.78, 5) is 15.4. The molecule has 184 valence electrons. The van der Waals surface area contributed by atoms with Crippen LogP contribution < -0.4 is 4.90 Å². The SMILES string of the molecule is Brc1ccc(Br)nc1.CN(C)C1CCCCC1.CN(C)C1CCN(c2ccc(Br)cn2)CC1. The average molecular weight is 648 g/mol. The Balaban J connectivity index is 0.000000192. The van der Waals surface area contributed by atoms with Gasteiger partial charge in [0.05, 0.1) is 0 Å². The zero-order valence-electron chi connectivity index (χ0n) is 20.4. The molecule has 0 atom stereocenters. The van der Waals surface area contributed by atoms with Gasteiger partial charge in [-0.05, 0) is 126 Å². The van der Waals surface area contributed by atoms with Gasteiger partial charge in [-0.15, -0.1) is 0 Å². The lowest BCUT2D eigenvalue weighted by atomic mass is 9.95. The molecular formula is C25H38Br3N5. The maximum atomic E-state index is 4.44. The van der Waals surface area contributed by atoms with Gasteiger partial charge in [0.1, 0.15) is 10.4 Å². The minimum atomic E-state index is 0.728. The number of halogens is 3. The highest BCUT2D eigenvalue weighted by Gasteiger charge is 2.21. The minimum absolute atomic E-state index is 0.728. The van der Waals surface area contributed by atoms with E-state index >= 15 is 0 Å². The van der Waals surface area contributed by atoms with Crippen LogP contribution in [0, 0.1) is 0 Å². The molecule has 1 saturated carbocycles. The van der Waals surface area contributed by atoms with Crippen LogP contribution in [0.1, 0.15) is 44.9 Å². The van der Waals surface area contributed by atoms with Gasteiger partial charge in [-0.1, -0.05) is 19.3 Å². The molecule has 5 nitrogen and oxygen atoms in total. The molecule has 3 heterocycles. The molecule has 0 N–H and O–H groups in total. The Morgan fingerprint density at radius 1 is 0.697 bits per heavy atom. The lowest BCUT2D eigenvalue weighted by Gasteiger charge is -2.35. The van der Waals surface area contributed by atoms with E-state index in [0.717, 1.165) is 44.5 Å². The Kier molecular flexibility index (Phi) is 13.4. The van der Waals surface area contributed by atoms with E-state index in [9.17, 15) is 0 Å². The Labute approximate surface area is 225 Å². The summed E-state index contributed by atoms with van der Waals surface area (Å²) >= 11 is 9.89. The van der Waals surface area contributed by atoms with Crippen LogP contribution in [-0.4, -0.2) is 73.1 Å². The van der Waals surface area contributed by atoms with Gasteiger partial charge in [0.15, 0.2) is 0 Å². The van der Waals surface area contributed by atoms with Crippen molar-refractivity contribution < 1.29 is 0 Å². The molecule has 0 unspecified atom stereocenters. The topological polar surface area (TPSA) is 35.5 Å². The molecule has 0 bridgehead atoms. The maximum Gasteiger partial charge on any atom is 0.128 e. The number of hydrogen-bond acceptors (Lipinski definition) is 5. The van der Waals surface area contributed by atoms with Gasteiger partial charge in [0.25, 0.3) is 0 Å². The first-order chi connectivity index (χ1) is 15.8. The van der Waals surface area contributed by atoms with Crippen LogP contribution >= 0.6 is 47.8 Å². The Morgan fingerprint density at radius 3 is 1.61 bits per heavy atom. The van der Waals surface area contributed by atoms with Gasteiger partial charge in [0.2, 0.25) is 0 Å². The Morgan fingerprint density at radius 2 is 1.21 bits per heavy atom. The van der Waals surface area contributed by atoms with E-state index in [4.69, 9.17) is 0 Å². The first-order valence-corrected chi connectivity index (χ1v) is 14.1. The Bertz CT molecular complexity index is 749. The van der Waals surface area contributed by atoms with Crippen molar-refractivity contribution in [2.24, 2.45) is 0 Å². The second-order valence-electron chi connectivity index (χ2n) is 9.07. The third-order valence-electron chi connectivity index (χ3n) is 6.23. The number of aromatic nitrogens is 2. The van der Waals surface area contributed by atoms with Crippen LogP contribution in [0.2, 0.25) is 0 Å². The van der Waals surface area contributed by atoms with E-state index in [0.29, 0.717) is 0 Å². The molecule has 0 spiro atoms. The summed E-state index contributed by atoms with van der Waals surface area (Å²) in [5.41, 5.74) is 0. The van der Waals surface area contributed by atoms with Crippen molar-refractivity contribution in [1.29, 1.82) is 0 Å². The molecule has 1 aliphatic carbocycles. The third kappa shape index (κ3) is 11.2. The van der Waals surface area contributed by atoms with E-state index in [-0.39, 0.29) is 0 Å². The number of anilines is 1. The lowest BCUT2D eigenvalue weighted by Crippen LogP contribution is -2.42. The van der Waals surface area contributed by atoms with E-state index in [2.05, 4.69) is 113 Å². The normalized spacial score (nSPS) is 17.3. The van der Waals surface area contributed by atoms with Crippen LogP contribution in [0.5, 0.6) is 0 Å². The van der Waals surface area contributed by atoms with Crippen molar-refractivity contribution >= 4 is 53.6 Å². The smallest absolute Gasteiger partial charge is 0.128 e. The fourth-order valence-corrected chi connectivity index (χ4v) is 4.83. The van der Waals surface area contributed by atoms with Gasteiger partial charge in [-0.3, -0.25) is 0 Å². The molecule has 2 aromatic rings. The van der Waals surface area contributed by atoms with Crippen LogP contribution in [0.25, 0.3) is 0 Å². The zero-order valence-corrected chi connectivity index (χ0v) is 25.1. The number of hydrogen-bond donors (Lipinski definition) is 0. The Hall–Kier alpha value is -0.540. The van der Waals surface area contributed by atoms with Gasteiger partial charge in [-0.25, -0.2) is 9.97 Å². The highest BCUT2D eigenvalue weighted by Crippen LogP contribution is 2.21. The predicted molar refractivity (Wildman–Crippen MR) is 151 cm³/mol. The number of nitrogens with zero attached hydrogens (tertiary/aromatic N) is 5. The molecule has 8 heteroatoms. The summed E-state index contributed by atoms with van der Waals surface area (Å²) in [5, 5.41) is 0. The molecule has 2 aromatic heterocycles. The summed E-state index contributed by atoms with van der Waals surface area (Å²) in [7, 11) is 8.71. The lowest BCUT2D eigenvalue weighted by molar-refractivity contribution is 0.229. The van der Waals surface area contributed by atoms with Crippen molar-refractivity contribution in [3.63, 3.8) is 0 Å². The van der Waals surface area contributed by atoms with Crippen molar-refractivity contribution in [2.45, 2.75) is 57.0 Å². The molecule has 2 aliphatic rings. The molecule has 1 aliphatic heterocycles. The van der Waals surface area contributed by atoms with Crippen molar-refractivity contribution in [2.75, 3.05) is 46.2 Å². The zero-order chi connectivity index (χ0) is 24.2. The number of pyridine rings is 2. The average Bonchev–Trinajstić information content (AvgIpc) is 2.83. The monoisotopic (exact) mass is 645 g/mol. The summed E-state index contributed by atoms with van der Waals surface area (Å²) in [5.74, 6) is 1.10. The van der Waals surface area contributed by atoms with E-state index in [1.807, 2.05) is 18.3 Å². The van der Waals surface area contributed by atoms with Crippen LogP contribution in [0.4, 0.5) is 5.82 Å². The van der Waals surface area contributed by atoms with Gasteiger partial charge >= 0.3 is 0 Å². The van der Waals surface area contributed by atoms with Gasteiger partial charge in [0, 0.05) is 46.5 Å². The first-order valence-electron chi connectivity index (χ1n) is 11.7. The number of rotatable bonds is 3. The fourth-order valence-electron chi connectivity index (χ4n) is 4.12. The van der Waals surface area contributed by atoms with Crippen LogP contribution in [-0.2, 0) is 0 Å². The molecule has 0 amide bonds. The molecule has 2 fully saturated rings. The van der Waals surface area contributed by atoms with E-state index in [1.165, 1.54) is 44.9 Å². The van der Waals surface area contributed by atoms with Crippen LogP contribution in [0.15, 0.2) is 50.2 Å². The van der Waals surface area contributed by atoms with Crippen molar-refractivity contribution in [3.8, 4) is 0 Å². The molecule has 0 radical (unpaired) electrons. The summed E-state index contributed by atoms with van der Waals surface area (Å²) in [6.07, 6.45) is 13.3. The summed E-state index contributed by atoms with van der Waals surface area (Å²) in [6, 6.07) is 9.56. The summed E-state index contributed by atoms with van der Waals surface area (Å²) in [6.45, 7) is 2.22. The van der Waals surface area contributed by atoms with Crippen molar-refractivity contribution in [3.05, 3.63) is 50.2 Å². The van der Waals surface area contributed by atoms with Gasteiger partial charge in [-0.2, -0.15) is 0 Å². The highest BCUT2D eigenvalue weighted by atomic mass is 79.9. The summed E-state index contributed by atoms with van der Waals surface area (Å²) < 4.78 is 2.90. The second-order valence-corrected chi connectivity index (χ2v) is 11.7. The van der Waals surface area contributed by atoms with Crippen molar-refractivity contribution in [1.82, 2.24) is 19.8 Å². The molecule has 33 heavy (non-hydrogen) atoms. The van der Waals surface area contributed by atoms with E-state index in [1.54, 1.807) is 6.20 Å². The second kappa shape index (κ2) is 15.5. The van der Waals surface area contributed by atoms with Gasteiger partial charge < -0.3 is 14.7 Å². The fraction of sp³-hybridized carbons (Fsp3) is 0.600. The highest BCUT2D eigenvalue weighted by molar-refractivity contribution is 9.11. The van der Waals surface area contributed by atoms with E-state index < -0.39 is 0 Å². The molecular weight excluding hydrogens is 610 g/mol. The predicted octanol–water partition coefficient (Wildman–Crippen LogP) is 6.86. The largest absolute Gasteiger partial charge is 0.357 e. The molecule has 4 rings (SSSR count). The quantitative estimate of drug-likeness (QED) is 0.340. The van der Waals surface area contributed by atoms with Crippen LogP contribution in [0.3, 0.4) is 0 Å². The maximum absolute atomic E-state index is 4.44. The number of piperidine rings is 1. The first kappa shape index (κ1) is 28.7. The molecule has 1 saturated heterocycles. The standard InChI is InChI=1S/C12H18BrN3.C8H17N.C5H3Br2N/c1-15(2)11-5-7-16(8-6-11)12-4-3-10(13)9-14-12;1-9(2)8-6-4-3-5-7-8;6-4-1-2-5(7)8-3-4/h3-4,9,11H,5-8H2,1-2H3;8H,3-7H2,1-2H3;1-3H.